The van der Waals surface area contributed by atoms with E-state index in [1.165, 1.54) is 5.56 Å². The molecule has 3 nitrogen and oxygen atoms in total. The van der Waals surface area contributed by atoms with E-state index in [1.807, 2.05) is 25.2 Å². The highest BCUT2D eigenvalue weighted by Gasteiger charge is 2.15. The topological polar surface area (TPSA) is 40.5 Å². The molecule has 1 unspecified atom stereocenters. The zero-order valence-corrected chi connectivity index (χ0v) is 9.89. The summed E-state index contributed by atoms with van der Waals surface area (Å²) in [5.41, 5.74) is 1.25. The van der Waals surface area contributed by atoms with Crippen LogP contribution >= 0.6 is 0 Å². The van der Waals surface area contributed by atoms with Gasteiger partial charge in [0.15, 0.2) is 0 Å². The minimum Gasteiger partial charge on any atom is -0.481 e. The van der Waals surface area contributed by atoms with E-state index >= 15 is 0 Å². The van der Waals surface area contributed by atoms with E-state index in [4.69, 9.17) is 5.11 Å². The fourth-order valence-electron chi connectivity index (χ4n) is 1.90. The summed E-state index contributed by atoms with van der Waals surface area (Å²) in [6, 6.07) is 10.5. The quantitative estimate of drug-likeness (QED) is 0.802. The lowest BCUT2D eigenvalue weighted by atomic mass is 10.0. The average molecular weight is 221 g/mol. The second kappa shape index (κ2) is 6.28. The second-order valence-corrected chi connectivity index (χ2v) is 3.96. The highest BCUT2D eigenvalue weighted by Crippen LogP contribution is 2.22. The molecule has 1 rings (SSSR count). The van der Waals surface area contributed by atoms with Crippen molar-refractivity contribution in [2.75, 3.05) is 13.6 Å². The molecule has 0 heterocycles. The lowest BCUT2D eigenvalue weighted by Gasteiger charge is -2.26. The van der Waals surface area contributed by atoms with Crippen molar-refractivity contribution in [3.63, 3.8) is 0 Å². The lowest BCUT2D eigenvalue weighted by molar-refractivity contribution is -0.137. The van der Waals surface area contributed by atoms with Crippen LogP contribution < -0.4 is 0 Å². The molecule has 3 heteroatoms. The third-order valence-electron chi connectivity index (χ3n) is 2.78. The van der Waals surface area contributed by atoms with E-state index in [2.05, 4.69) is 24.0 Å². The Morgan fingerprint density at radius 2 is 2.00 bits per heavy atom. The van der Waals surface area contributed by atoms with Crippen LogP contribution in [-0.2, 0) is 4.79 Å². The minimum absolute atomic E-state index is 0.194. The predicted molar refractivity (Wildman–Crippen MR) is 64.4 cm³/mol. The van der Waals surface area contributed by atoms with Crippen molar-refractivity contribution in [3.8, 4) is 0 Å². The zero-order valence-electron chi connectivity index (χ0n) is 9.89. The molecule has 88 valence electrons. The van der Waals surface area contributed by atoms with Crippen LogP contribution in [0.5, 0.6) is 0 Å². The normalized spacial score (nSPS) is 12.7. The number of carboxylic acids is 1. The maximum Gasteiger partial charge on any atom is 0.304 e. The Bertz CT molecular complexity index is 324. The van der Waals surface area contributed by atoms with Gasteiger partial charge in [-0.15, -0.1) is 0 Å². The van der Waals surface area contributed by atoms with Crippen LogP contribution in [0.25, 0.3) is 0 Å². The van der Waals surface area contributed by atoms with Crippen LogP contribution in [0.15, 0.2) is 30.3 Å². The molecule has 0 saturated carbocycles. The van der Waals surface area contributed by atoms with Crippen molar-refractivity contribution in [3.05, 3.63) is 35.9 Å². The van der Waals surface area contributed by atoms with Crippen LogP contribution in [-0.4, -0.2) is 29.6 Å². The van der Waals surface area contributed by atoms with E-state index in [1.54, 1.807) is 0 Å². The number of nitrogens with zero attached hydrogens (tertiary/aromatic N) is 1. The summed E-state index contributed by atoms with van der Waals surface area (Å²) in [6.45, 7) is 2.71. The summed E-state index contributed by atoms with van der Waals surface area (Å²) in [5, 5.41) is 8.66. The Labute approximate surface area is 96.7 Å². The van der Waals surface area contributed by atoms with Crippen molar-refractivity contribution < 1.29 is 9.90 Å². The van der Waals surface area contributed by atoms with E-state index in [-0.39, 0.29) is 6.42 Å². The molecule has 16 heavy (non-hydrogen) atoms. The maximum atomic E-state index is 10.5. The molecule has 0 amide bonds. The van der Waals surface area contributed by atoms with Gasteiger partial charge in [0.1, 0.15) is 0 Å². The number of hydrogen-bond acceptors (Lipinski definition) is 2. The first kappa shape index (κ1) is 12.7. The number of benzene rings is 1. The van der Waals surface area contributed by atoms with Crippen LogP contribution in [0.3, 0.4) is 0 Å². The number of carbonyl (C=O) groups is 1. The molecule has 0 radical (unpaired) electrons. The van der Waals surface area contributed by atoms with Gasteiger partial charge in [0.25, 0.3) is 0 Å². The molecule has 1 aromatic carbocycles. The smallest absolute Gasteiger partial charge is 0.304 e. The predicted octanol–water partition coefficient (Wildman–Crippen LogP) is 2.54. The number of rotatable bonds is 6. The molecule has 0 spiro atoms. The molecule has 0 aliphatic heterocycles. The number of hydrogen-bond donors (Lipinski definition) is 1. The summed E-state index contributed by atoms with van der Waals surface area (Å²) < 4.78 is 0. The fourth-order valence-corrected chi connectivity index (χ4v) is 1.90. The third kappa shape index (κ3) is 3.66. The summed E-state index contributed by atoms with van der Waals surface area (Å²) in [6.07, 6.45) is 1.18. The number of carboxylic acid groups (broad SMARTS) is 1. The summed E-state index contributed by atoms with van der Waals surface area (Å²) >= 11 is 0. The van der Waals surface area contributed by atoms with Crippen molar-refractivity contribution in [1.82, 2.24) is 4.90 Å². The molecule has 0 aromatic heterocycles. The van der Waals surface area contributed by atoms with Crippen LogP contribution in [0.4, 0.5) is 0 Å². The molecule has 0 saturated heterocycles. The van der Waals surface area contributed by atoms with Gasteiger partial charge in [-0.25, -0.2) is 0 Å². The van der Waals surface area contributed by atoms with Gasteiger partial charge in [-0.1, -0.05) is 37.3 Å². The van der Waals surface area contributed by atoms with Gasteiger partial charge in [0.2, 0.25) is 0 Å². The molecular formula is C13H19NO2. The van der Waals surface area contributed by atoms with Crippen molar-refractivity contribution >= 4 is 5.97 Å². The van der Waals surface area contributed by atoms with Crippen molar-refractivity contribution in [1.29, 1.82) is 0 Å². The van der Waals surface area contributed by atoms with Gasteiger partial charge >= 0.3 is 5.97 Å². The Kier molecular flexibility index (Phi) is 4.99. The highest BCUT2D eigenvalue weighted by atomic mass is 16.4. The molecule has 1 atom stereocenters. The Morgan fingerprint density at radius 3 is 2.50 bits per heavy atom. The summed E-state index contributed by atoms with van der Waals surface area (Å²) in [4.78, 5) is 12.6. The molecule has 0 aliphatic carbocycles. The standard InChI is InChI=1S/C13H19NO2/c1-3-12(11-7-5-4-6-8-11)14(2)10-9-13(15)16/h4-8,12H,3,9-10H2,1-2H3,(H,15,16). The van der Waals surface area contributed by atoms with Crippen molar-refractivity contribution in [2.24, 2.45) is 0 Å². The third-order valence-corrected chi connectivity index (χ3v) is 2.78. The Balaban J connectivity index is 2.63. The Hall–Kier alpha value is -1.35. The number of aliphatic carboxylic acids is 1. The van der Waals surface area contributed by atoms with Crippen LogP contribution in [0.1, 0.15) is 31.4 Å². The average Bonchev–Trinajstić information content (AvgIpc) is 2.29. The monoisotopic (exact) mass is 221 g/mol. The highest BCUT2D eigenvalue weighted by molar-refractivity contribution is 5.66. The van der Waals surface area contributed by atoms with Gasteiger partial charge in [-0.2, -0.15) is 0 Å². The molecule has 1 N–H and O–H groups in total. The first-order valence-electron chi connectivity index (χ1n) is 5.62. The first-order valence-corrected chi connectivity index (χ1v) is 5.62. The van der Waals surface area contributed by atoms with E-state index in [9.17, 15) is 4.79 Å². The summed E-state index contributed by atoms with van der Waals surface area (Å²) in [5.74, 6) is -0.741. The van der Waals surface area contributed by atoms with Gasteiger partial charge in [0.05, 0.1) is 6.42 Å². The van der Waals surface area contributed by atoms with Crippen LogP contribution in [0, 0.1) is 0 Å². The molecule has 0 fully saturated rings. The molecule has 0 aliphatic rings. The van der Waals surface area contributed by atoms with Crippen LogP contribution in [0.2, 0.25) is 0 Å². The first-order chi connectivity index (χ1) is 7.65. The van der Waals surface area contributed by atoms with Crippen molar-refractivity contribution in [2.45, 2.75) is 25.8 Å². The van der Waals surface area contributed by atoms with Gasteiger partial charge in [-0.3, -0.25) is 9.69 Å². The largest absolute Gasteiger partial charge is 0.481 e. The van der Waals surface area contributed by atoms with E-state index in [0.29, 0.717) is 12.6 Å². The fraction of sp³-hybridized carbons (Fsp3) is 0.462. The molecular weight excluding hydrogens is 202 g/mol. The minimum atomic E-state index is -0.741. The van der Waals surface area contributed by atoms with E-state index < -0.39 is 5.97 Å². The molecule has 1 aromatic rings. The Morgan fingerprint density at radius 1 is 1.38 bits per heavy atom. The van der Waals surface area contributed by atoms with Gasteiger partial charge in [-0.05, 0) is 19.0 Å². The molecule has 0 bridgehead atoms. The second-order valence-electron chi connectivity index (χ2n) is 3.96. The van der Waals surface area contributed by atoms with Gasteiger partial charge in [0, 0.05) is 12.6 Å². The van der Waals surface area contributed by atoms with Gasteiger partial charge < -0.3 is 5.11 Å². The zero-order chi connectivity index (χ0) is 12.0. The lowest BCUT2D eigenvalue weighted by Crippen LogP contribution is -2.26. The SMILES string of the molecule is CCC(c1ccccc1)N(C)CCC(=O)O. The van der Waals surface area contributed by atoms with E-state index in [0.717, 1.165) is 6.42 Å². The summed E-state index contributed by atoms with van der Waals surface area (Å²) in [7, 11) is 1.98. The maximum absolute atomic E-state index is 10.5.